The van der Waals surface area contributed by atoms with Crippen LogP contribution in [0.4, 0.5) is 0 Å². The van der Waals surface area contributed by atoms with E-state index in [0.717, 1.165) is 22.4 Å². The molecule has 3 aromatic rings. The van der Waals surface area contributed by atoms with Gasteiger partial charge in [-0.2, -0.15) is 5.10 Å². The summed E-state index contributed by atoms with van der Waals surface area (Å²) in [5.74, 6) is 0.909. The number of hydrogen-bond donors (Lipinski definition) is 1. The second-order valence-electron chi connectivity index (χ2n) is 6.41. The molecule has 0 fully saturated rings. The normalized spacial score (nSPS) is 10.6. The molecule has 1 aromatic heterocycles. The number of aryl methyl sites for hydroxylation is 1. The number of nitrogens with zero attached hydrogens (tertiary/aromatic N) is 3. The Balaban J connectivity index is 1.38. The third-order valence-electron chi connectivity index (χ3n) is 4.19. The van der Waals surface area contributed by atoms with Gasteiger partial charge in [0.1, 0.15) is 18.4 Å². The number of hydrogen-bond acceptors (Lipinski definition) is 4. The molecule has 1 N–H and O–H groups in total. The molecule has 0 atom stereocenters. The Kier molecular flexibility index (Phi) is 6.57. The van der Waals surface area contributed by atoms with Gasteiger partial charge in [-0.15, -0.1) is 0 Å². The number of para-hydroxylation sites is 1. The largest absolute Gasteiger partial charge is 0.493 e. The minimum atomic E-state index is 0.0325. The number of rotatable bonds is 9. The lowest BCUT2D eigenvalue weighted by Crippen LogP contribution is -2.23. The maximum absolute atomic E-state index is 12.0. The predicted molar refractivity (Wildman–Crippen MR) is 103 cm³/mol. The van der Waals surface area contributed by atoms with E-state index in [1.165, 1.54) is 6.33 Å². The first-order chi connectivity index (χ1) is 13.2. The molecular formula is C21H24N4O2. The van der Waals surface area contributed by atoms with Crippen molar-refractivity contribution in [1.82, 2.24) is 20.1 Å². The second-order valence-corrected chi connectivity index (χ2v) is 6.41. The first-order valence-corrected chi connectivity index (χ1v) is 9.06. The summed E-state index contributed by atoms with van der Waals surface area (Å²) in [5.41, 5.74) is 3.30. The van der Waals surface area contributed by atoms with E-state index < -0.39 is 0 Å². The first kappa shape index (κ1) is 18.6. The van der Waals surface area contributed by atoms with E-state index >= 15 is 0 Å². The molecule has 0 bridgehead atoms. The van der Waals surface area contributed by atoms with Gasteiger partial charge in [0, 0.05) is 13.0 Å². The van der Waals surface area contributed by atoms with Crippen LogP contribution in [0.25, 0.3) is 0 Å². The molecule has 6 nitrogen and oxygen atoms in total. The molecule has 0 saturated heterocycles. The molecule has 0 spiro atoms. The van der Waals surface area contributed by atoms with E-state index in [1.807, 2.05) is 49.4 Å². The van der Waals surface area contributed by atoms with Gasteiger partial charge in [-0.1, -0.05) is 42.5 Å². The number of carbonyl (C=O) groups excluding carboxylic acids is 1. The van der Waals surface area contributed by atoms with Crippen LogP contribution in [-0.4, -0.2) is 27.3 Å². The fourth-order valence-electron chi connectivity index (χ4n) is 2.76. The van der Waals surface area contributed by atoms with Gasteiger partial charge in [-0.3, -0.25) is 4.79 Å². The maximum Gasteiger partial charge on any atom is 0.220 e. The van der Waals surface area contributed by atoms with Crippen molar-refractivity contribution in [3.8, 4) is 5.75 Å². The smallest absolute Gasteiger partial charge is 0.220 e. The van der Waals surface area contributed by atoms with Crippen LogP contribution in [-0.2, 0) is 17.9 Å². The van der Waals surface area contributed by atoms with Crippen molar-refractivity contribution in [1.29, 1.82) is 0 Å². The monoisotopic (exact) mass is 364 g/mol. The van der Waals surface area contributed by atoms with Crippen LogP contribution in [0.1, 0.15) is 29.5 Å². The number of carbonyl (C=O) groups is 1. The lowest BCUT2D eigenvalue weighted by atomic mass is 10.1. The third kappa shape index (κ3) is 5.95. The van der Waals surface area contributed by atoms with Crippen LogP contribution >= 0.6 is 0 Å². The third-order valence-corrected chi connectivity index (χ3v) is 4.19. The average Bonchev–Trinajstić information content (AvgIpc) is 3.18. The van der Waals surface area contributed by atoms with Gasteiger partial charge in [-0.25, -0.2) is 9.67 Å². The SMILES string of the molecule is Cc1ccccc1OCCCC(=O)NCc1cccc(Cn2cncn2)c1. The van der Waals surface area contributed by atoms with Crippen molar-refractivity contribution in [2.24, 2.45) is 0 Å². The molecule has 0 unspecified atom stereocenters. The Morgan fingerprint density at radius 1 is 1.15 bits per heavy atom. The summed E-state index contributed by atoms with van der Waals surface area (Å²) < 4.78 is 7.49. The molecule has 6 heteroatoms. The molecule has 0 aliphatic rings. The van der Waals surface area contributed by atoms with E-state index in [1.54, 1.807) is 11.0 Å². The van der Waals surface area contributed by atoms with Crippen LogP contribution in [0.15, 0.2) is 61.2 Å². The topological polar surface area (TPSA) is 69.0 Å². The Morgan fingerprint density at radius 3 is 2.81 bits per heavy atom. The van der Waals surface area contributed by atoms with Gasteiger partial charge < -0.3 is 10.1 Å². The zero-order valence-corrected chi connectivity index (χ0v) is 15.5. The lowest BCUT2D eigenvalue weighted by molar-refractivity contribution is -0.121. The van der Waals surface area contributed by atoms with Gasteiger partial charge in [-0.05, 0) is 36.1 Å². The van der Waals surface area contributed by atoms with Crippen LogP contribution in [0.2, 0.25) is 0 Å². The van der Waals surface area contributed by atoms with Gasteiger partial charge in [0.15, 0.2) is 0 Å². The summed E-state index contributed by atoms with van der Waals surface area (Å²) in [6, 6.07) is 16.0. The summed E-state index contributed by atoms with van der Waals surface area (Å²) in [6.45, 7) is 3.73. The quantitative estimate of drug-likeness (QED) is 0.592. The highest BCUT2D eigenvalue weighted by Gasteiger charge is 2.04. The van der Waals surface area contributed by atoms with Crippen LogP contribution < -0.4 is 10.1 Å². The van der Waals surface area contributed by atoms with Crippen molar-refractivity contribution in [3.05, 3.63) is 77.9 Å². The first-order valence-electron chi connectivity index (χ1n) is 9.06. The zero-order chi connectivity index (χ0) is 18.9. The second kappa shape index (κ2) is 9.52. The fourth-order valence-corrected chi connectivity index (χ4v) is 2.76. The van der Waals surface area contributed by atoms with E-state index in [2.05, 4.69) is 21.5 Å². The van der Waals surface area contributed by atoms with Crippen LogP contribution in [0.3, 0.4) is 0 Å². The van der Waals surface area contributed by atoms with Crippen molar-refractivity contribution in [2.75, 3.05) is 6.61 Å². The summed E-state index contributed by atoms with van der Waals surface area (Å²) >= 11 is 0. The minimum Gasteiger partial charge on any atom is -0.493 e. The summed E-state index contributed by atoms with van der Waals surface area (Å²) in [7, 11) is 0. The van der Waals surface area contributed by atoms with E-state index in [-0.39, 0.29) is 5.91 Å². The molecule has 2 aromatic carbocycles. The van der Waals surface area contributed by atoms with Gasteiger partial charge in [0.2, 0.25) is 5.91 Å². The van der Waals surface area contributed by atoms with Crippen molar-refractivity contribution in [2.45, 2.75) is 32.9 Å². The Bertz CT molecular complexity index is 862. The summed E-state index contributed by atoms with van der Waals surface area (Å²) in [4.78, 5) is 16.0. The highest BCUT2D eigenvalue weighted by Crippen LogP contribution is 2.16. The molecule has 0 saturated carbocycles. The van der Waals surface area contributed by atoms with E-state index in [9.17, 15) is 4.79 Å². The number of ether oxygens (including phenoxy) is 1. The average molecular weight is 364 g/mol. The standard InChI is InChI=1S/C21H24N4O2/c1-17-6-2-3-9-20(17)27-11-5-10-21(26)23-13-18-7-4-8-19(12-18)14-25-16-22-15-24-25/h2-4,6-9,12,15-16H,5,10-11,13-14H2,1H3,(H,23,26). The molecule has 27 heavy (non-hydrogen) atoms. The Morgan fingerprint density at radius 2 is 2.00 bits per heavy atom. The number of benzene rings is 2. The van der Waals surface area contributed by atoms with Crippen LogP contribution in [0, 0.1) is 6.92 Å². The molecule has 0 aliphatic carbocycles. The highest BCUT2D eigenvalue weighted by atomic mass is 16.5. The fraction of sp³-hybridized carbons (Fsp3) is 0.286. The molecule has 140 valence electrons. The Hall–Kier alpha value is -3.15. The van der Waals surface area contributed by atoms with Crippen molar-refractivity contribution >= 4 is 5.91 Å². The van der Waals surface area contributed by atoms with Gasteiger partial charge in [0.25, 0.3) is 0 Å². The molecule has 1 heterocycles. The van der Waals surface area contributed by atoms with E-state index in [0.29, 0.717) is 32.5 Å². The number of aromatic nitrogens is 3. The number of amides is 1. The van der Waals surface area contributed by atoms with Gasteiger partial charge >= 0.3 is 0 Å². The minimum absolute atomic E-state index is 0.0325. The van der Waals surface area contributed by atoms with Crippen LogP contribution in [0.5, 0.6) is 5.75 Å². The summed E-state index contributed by atoms with van der Waals surface area (Å²) in [6.07, 6.45) is 4.34. The molecular weight excluding hydrogens is 340 g/mol. The van der Waals surface area contributed by atoms with E-state index in [4.69, 9.17) is 4.74 Å². The van der Waals surface area contributed by atoms with Crippen molar-refractivity contribution in [3.63, 3.8) is 0 Å². The zero-order valence-electron chi connectivity index (χ0n) is 15.5. The predicted octanol–water partition coefficient (Wildman–Crippen LogP) is 3.11. The number of nitrogens with one attached hydrogen (secondary N) is 1. The lowest BCUT2D eigenvalue weighted by Gasteiger charge is -2.09. The summed E-state index contributed by atoms with van der Waals surface area (Å²) in [5, 5.41) is 7.07. The molecule has 3 rings (SSSR count). The molecule has 1 amide bonds. The van der Waals surface area contributed by atoms with Gasteiger partial charge in [0.05, 0.1) is 13.2 Å². The molecule has 0 aliphatic heterocycles. The highest BCUT2D eigenvalue weighted by molar-refractivity contribution is 5.75. The van der Waals surface area contributed by atoms with Crippen molar-refractivity contribution < 1.29 is 9.53 Å². The maximum atomic E-state index is 12.0. The Labute approximate surface area is 159 Å². The molecule has 0 radical (unpaired) electrons.